The van der Waals surface area contributed by atoms with Crippen LogP contribution in [0.25, 0.3) is 11.1 Å². The summed E-state index contributed by atoms with van der Waals surface area (Å²) in [5, 5.41) is 3.07. The number of halogens is 1. The minimum atomic E-state index is -0.575. The minimum absolute atomic E-state index is 0.167. The van der Waals surface area contributed by atoms with Crippen LogP contribution >= 0.6 is 23.4 Å². The largest absolute Gasteiger partial charge is 0.462 e. The number of ether oxygens (including phenoxy) is 2. The number of nitrogens with zero attached hydrogens (tertiary/aromatic N) is 2. The SMILES string of the molecule is CCOC(=O)c1c(CSCCNC=O)nc(C)c(C(=O)OCCN(C)C)c1-c1cccc(Cl)c1. The van der Waals surface area contributed by atoms with E-state index in [0.717, 1.165) is 0 Å². The highest BCUT2D eigenvalue weighted by Gasteiger charge is 2.29. The number of rotatable bonds is 13. The van der Waals surface area contributed by atoms with Gasteiger partial charge in [0.15, 0.2) is 0 Å². The molecule has 0 spiro atoms. The summed E-state index contributed by atoms with van der Waals surface area (Å²) < 4.78 is 10.9. The van der Waals surface area contributed by atoms with Crippen molar-refractivity contribution < 1.29 is 23.9 Å². The van der Waals surface area contributed by atoms with Gasteiger partial charge in [-0.15, -0.1) is 0 Å². The van der Waals surface area contributed by atoms with Crippen molar-refractivity contribution in [3.8, 4) is 11.1 Å². The number of carbonyl (C=O) groups excluding carboxylic acids is 3. The van der Waals surface area contributed by atoms with Crippen molar-refractivity contribution in [3.63, 3.8) is 0 Å². The summed E-state index contributed by atoms with van der Waals surface area (Å²) >= 11 is 7.76. The second kappa shape index (κ2) is 13.9. The van der Waals surface area contributed by atoms with Gasteiger partial charge < -0.3 is 19.7 Å². The van der Waals surface area contributed by atoms with E-state index in [1.54, 1.807) is 38.1 Å². The molecule has 0 fully saturated rings. The Labute approximate surface area is 209 Å². The average Bonchev–Trinajstić information content (AvgIpc) is 2.78. The van der Waals surface area contributed by atoms with Gasteiger partial charge in [-0.3, -0.25) is 9.78 Å². The van der Waals surface area contributed by atoms with E-state index in [9.17, 15) is 14.4 Å². The molecule has 0 saturated carbocycles. The number of hydrogen-bond donors (Lipinski definition) is 1. The number of thioether (sulfide) groups is 1. The summed E-state index contributed by atoms with van der Waals surface area (Å²) in [6.45, 7) is 4.83. The number of likely N-dealkylation sites (N-methyl/N-ethyl adjacent to an activating group) is 1. The van der Waals surface area contributed by atoms with E-state index < -0.39 is 11.9 Å². The first-order chi connectivity index (χ1) is 16.3. The fourth-order valence-electron chi connectivity index (χ4n) is 3.23. The predicted molar refractivity (Wildman–Crippen MR) is 134 cm³/mol. The van der Waals surface area contributed by atoms with E-state index in [1.165, 1.54) is 11.8 Å². The highest BCUT2D eigenvalue weighted by atomic mass is 35.5. The van der Waals surface area contributed by atoms with Crippen LogP contribution in [0, 0.1) is 6.92 Å². The molecule has 0 aliphatic rings. The summed E-state index contributed by atoms with van der Waals surface area (Å²) in [6, 6.07) is 6.95. The number of aromatic nitrogens is 1. The molecule has 184 valence electrons. The van der Waals surface area contributed by atoms with E-state index in [0.29, 0.717) is 58.5 Å². The van der Waals surface area contributed by atoms with E-state index in [4.69, 9.17) is 21.1 Å². The van der Waals surface area contributed by atoms with Crippen LogP contribution in [0.3, 0.4) is 0 Å². The maximum Gasteiger partial charge on any atom is 0.340 e. The van der Waals surface area contributed by atoms with Crippen molar-refractivity contribution >= 4 is 41.7 Å². The van der Waals surface area contributed by atoms with Crippen LogP contribution in [0.2, 0.25) is 5.02 Å². The number of hydrogen-bond acceptors (Lipinski definition) is 8. The lowest BCUT2D eigenvalue weighted by atomic mass is 9.92. The Hall–Kier alpha value is -2.62. The van der Waals surface area contributed by atoms with Crippen molar-refractivity contribution in [2.45, 2.75) is 19.6 Å². The zero-order chi connectivity index (χ0) is 25.1. The van der Waals surface area contributed by atoms with Crippen LogP contribution in [0.5, 0.6) is 0 Å². The second-order valence-electron chi connectivity index (χ2n) is 7.56. The second-order valence-corrected chi connectivity index (χ2v) is 9.11. The molecule has 1 aromatic heterocycles. The van der Waals surface area contributed by atoms with Crippen LogP contribution in [0.15, 0.2) is 24.3 Å². The van der Waals surface area contributed by atoms with Gasteiger partial charge in [-0.2, -0.15) is 11.8 Å². The van der Waals surface area contributed by atoms with Crippen molar-refractivity contribution in [1.82, 2.24) is 15.2 Å². The summed E-state index contributed by atoms with van der Waals surface area (Å²) in [4.78, 5) is 43.3. The topological polar surface area (TPSA) is 97.8 Å². The molecule has 2 aromatic rings. The Morgan fingerprint density at radius 3 is 2.59 bits per heavy atom. The number of nitrogens with one attached hydrogen (secondary N) is 1. The molecule has 1 N–H and O–H groups in total. The number of aryl methyl sites for hydroxylation is 1. The number of carbonyl (C=O) groups is 3. The van der Waals surface area contributed by atoms with Gasteiger partial charge in [0.1, 0.15) is 6.61 Å². The number of benzene rings is 1. The molecule has 0 unspecified atom stereocenters. The van der Waals surface area contributed by atoms with Gasteiger partial charge in [0.25, 0.3) is 0 Å². The smallest absolute Gasteiger partial charge is 0.340 e. The number of amides is 1. The van der Waals surface area contributed by atoms with Crippen LogP contribution in [-0.2, 0) is 20.0 Å². The minimum Gasteiger partial charge on any atom is -0.462 e. The Balaban J connectivity index is 2.64. The number of esters is 2. The average molecular weight is 508 g/mol. The zero-order valence-corrected chi connectivity index (χ0v) is 21.4. The fourth-order valence-corrected chi connectivity index (χ4v) is 4.23. The van der Waals surface area contributed by atoms with Crippen LogP contribution in [0.4, 0.5) is 0 Å². The third kappa shape index (κ3) is 7.72. The highest BCUT2D eigenvalue weighted by Crippen LogP contribution is 2.35. The molecular formula is C24H30ClN3O5S. The van der Waals surface area contributed by atoms with Gasteiger partial charge in [-0.25, -0.2) is 9.59 Å². The van der Waals surface area contributed by atoms with E-state index >= 15 is 0 Å². The molecule has 34 heavy (non-hydrogen) atoms. The maximum atomic E-state index is 13.2. The quantitative estimate of drug-likeness (QED) is 0.249. The van der Waals surface area contributed by atoms with E-state index in [-0.39, 0.29) is 24.3 Å². The van der Waals surface area contributed by atoms with Gasteiger partial charge in [0, 0.05) is 35.2 Å². The third-order valence-corrected chi connectivity index (χ3v) is 5.94. The molecular weight excluding hydrogens is 478 g/mol. The summed E-state index contributed by atoms with van der Waals surface area (Å²) in [5.74, 6) is -0.127. The van der Waals surface area contributed by atoms with Crippen LogP contribution in [-0.4, -0.2) is 74.4 Å². The Bertz CT molecular complexity index is 1020. The Morgan fingerprint density at radius 2 is 1.94 bits per heavy atom. The fraction of sp³-hybridized carbons (Fsp3) is 0.417. The molecule has 10 heteroatoms. The van der Waals surface area contributed by atoms with Gasteiger partial charge in [0.05, 0.1) is 29.1 Å². The molecule has 0 saturated heterocycles. The molecule has 0 aliphatic heterocycles. The Morgan fingerprint density at radius 1 is 1.21 bits per heavy atom. The van der Waals surface area contributed by atoms with Crippen molar-refractivity contribution in [3.05, 3.63) is 51.8 Å². The highest BCUT2D eigenvalue weighted by molar-refractivity contribution is 7.98. The first kappa shape index (κ1) is 27.6. The van der Waals surface area contributed by atoms with Crippen molar-refractivity contribution in [2.24, 2.45) is 0 Å². The predicted octanol–water partition coefficient (Wildman–Crippen LogP) is 3.58. The lowest BCUT2D eigenvalue weighted by Gasteiger charge is -2.20. The zero-order valence-electron chi connectivity index (χ0n) is 19.9. The molecule has 0 atom stereocenters. The number of pyridine rings is 1. The normalized spacial score (nSPS) is 10.8. The summed E-state index contributed by atoms with van der Waals surface area (Å²) in [6.07, 6.45) is 0.640. The molecule has 2 rings (SSSR count). The van der Waals surface area contributed by atoms with Crippen LogP contribution in [0.1, 0.15) is 39.0 Å². The summed E-state index contributed by atoms with van der Waals surface area (Å²) in [5.41, 5.74) is 2.34. The van der Waals surface area contributed by atoms with Crippen molar-refractivity contribution in [2.75, 3.05) is 46.2 Å². The maximum absolute atomic E-state index is 13.2. The first-order valence-electron chi connectivity index (χ1n) is 10.8. The molecule has 0 aliphatic carbocycles. The lowest BCUT2D eigenvalue weighted by molar-refractivity contribution is -0.109. The monoisotopic (exact) mass is 507 g/mol. The molecule has 1 amide bonds. The standard InChI is InChI=1S/C24H30ClN3O5S/c1-5-32-24(31)22-19(14-34-12-9-26-15-29)27-16(2)20(23(30)33-11-10-28(3)4)21(22)17-7-6-8-18(25)13-17/h6-8,13,15H,5,9-12,14H2,1-4H3,(H,26,29). The van der Waals surface area contributed by atoms with E-state index in [1.807, 2.05) is 19.0 Å². The summed E-state index contributed by atoms with van der Waals surface area (Å²) in [7, 11) is 3.77. The third-order valence-electron chi connectivity index (χ3n) is 4.73. The lowest BCUT2D eigenvalue weighted by Crippen LogP contribution is -2.22. The van der Waals surface area contributed by atoms with Gasteiger partial charge in [-0.05, 0) is 45.6 Å². The van der Waals surface area contributed by atoms with Crippen molar-refractivity contribution in [1.29, 1.82) is 0 Å². The Kier molecular flexibility index (Phi) is 11.3. The molecule has 8 nitrogen and oxygen atoms in total. The van der Waals surface area contributed by atoms with E-state index in [2.05, 4.69) is 10.3 Å². The molecule has 0 bridgehead atoms. The molecule has 0 radical (unpaired) electrons. The van der Waals surface area contributed by atoms with Gasteiger partial charge >= 0.3 is 11.9 Å². The first-order valence-corrected chi connectivity index (χ1v) is 12.4. The van der Waals surface area contributed by atoms with Gasteiger partial charge in [-0.1, -0.05) is 23.7 Å². The molecule has 1 aromatic carbocycles. The molecule has 1 heterocycles. The van der Waals surface area contributed by atoms with Crippen LogP contribution < -0.4 is 5.32 Å². The van der Waals surface area contributed by atoms with Gasteiger partial charge in [0.2, 0.25) is 6.41 Å².